The number of carbonyl (C=O) groups is 2. The molecular weight excluding hydrogens is 410 g/mol. The molecule has 2 aromatic rings. The second-order valence-electron chi connectivity index (χ2n) is 8.06. The summed E-state index contributed by atoms with van der Waals surface area (Å²) in [5.41, 5.74) is 2.43. The van der Waals surface area contributed by atoms with Gasteiger partial charge in [-0.05, 0) is 31.3 Å². The van der Waals surface area contributed by atoms with Crippen molar-refractivity contribution in [3.8, 4) is 0 Å². The minimum absolute atomic E-state index is 0.0370. The third kappa shape index (κ3) is 5.82. The van der Waals surface area contributed by atoms with Crippen molar-refractivity contribution in [2.75, 3.05) is 39.0 Å². The number of amides is 2. The number of carbonyl (C=O) groups excluding carboxylic acids is 2. The number of rotatable bonds is 9. The van der Waals surface area contributed by atoms with Gasteiger partial charge in [0.05, 0.1) is 4.92 Å². The van der Waals surface area contributed by atoms with Crippen molar-refractivity contribution in [3.05, 3.63) is 69.8 Å². The summed E-state index contributed by atoms with van der Waals surface area (Å²) in [5, 5.41) is 17.1. The van der Waals surface area contributed by atoms with Crippen LogP contribution in [0, 0.1) is 10.1 Å². The molecule has 9 heteroatoms. The van der Waals surface area contributed by atoms with Gasteiger partial charge in [-0.1, -0.05) is 36.4 Å². The summed E-state index contributed by atoms with van der Waals surface area (Å²) in [6.07, 6.45) is 0.586. The summed E-state index contributed by atoms with van der Waals surface area (Å²) >= 11 is 0. The number of hydrogen-bond acceptors (Lipinski definition) is 6. The molecule has 1 heterocycles. The Balaban J connectivity index is 1.67. The first kappa shape index (κ1) is 23.2. The van der Waals surface area contributed by atoms with E-state index in [4.69, 9.17) is 0 Å². The van der Waals surface area contributed by atoms with Crippen LogP contribution in [0.5, 0.6) is 0 Å². The zero-order chi connectivity index (χ0) is 23.1. The number of likely N-dealkylation sites (N-methyl/N-ethyl adjacent to an activating group) is 1. The zero-order valence-electron chi connectivity index (χ0n) is 18.4. The number of nitrogens with one attached hydrogen (secondary N) is 2. The lowest BCUT2D eigenvalue weighted by molar-refractivity contribution is -0.384. The average Bonchev–Trinajstić information content (AvgIpc) is 2.78. The smallest absolute Gasteiger partial charge is 0.292 e. The van der Waals surface area contributed by atoms with E-state index in [0.29, 0.717) is 31.7 Å². The molecule has 0 spiro atoms. The number of anilines is 1. The summed E-state index contributed by atoms with van der Waals surface area (Å²) < 4.78 is 0. The maximum atomic E-state index is 13.1. The summed E-state index contributed by atoms with van der Waals surface area (Å²) in [6.45, 7) is 1.82. The molecule has 0 saturated carbocycles. The van der Waals surface area contributed by atoms with Gasteiger partial charge in [0.25, 0.3) is 5.69 Å². The van der Waals surface area contributed by atoms with Crippen LogP contribution in [0.2, 0.25) is 0 Å². The van der Waals surface area contributed by atoms with E-state index in [0.717, 1.165) is 11.1 Å². The van der Waals surface area contributed by atoms with Gasteiger partial charge in [-0.25, -0.2) is 0 Å². The van der Waals surface area contributed by atoms with Gasteiger partial charge in [0.1, 0.15) is 11.7 Å². The Morgan fingerprint density at radius 2 is 1.78 bits per heavy atom. The van der Waals surface area contributed by atoms with Crippen molar-refractivity contribution in [1.82, 2.24) is 15.1 Å². The minimum atomic E-state index is -0.578. The zero-order valence-corrected chi connectivity index (χ0v) is 18.4. The van der Waals surface area contributed by atoms with Crippen LogP contribution in [0.4, 0.5) is 11.4 Å². The monoisotopic (exact) mass is 439 g/mol. The summed E-state index contributed by atoms with van der Waals surface area (Å²) in [4.78, 5) is 40.3. The van der Waals surface area contributed by atoms with Crippen LogP contribution >= 0.6 is 0 Å². The largest absolute Gasteiger partial charge is 0.379 e. The molecule has 0 fully saturated rings. The van der Waals surface area contributed by atoms with Crippen molar-refractivity contribution in [3.63, 3.8) is 0 Å². The van der Waals surface area contributed by atoms with Gasteiger partial charge < -0.3 is 20.4 Å². The molecule has 1 atom stereocenters. The molecule has 0 bridgehead atoms. The van der Waals surface area contributed by atoms with Gasteiger partial charge in [-0.2, -0.15) is 0 Å². The highest BCUT2D eigenvalue weighted by Gasteiger charge is 2.34. The number of nitro groups is 1. The van der Waals surface area contributed by atoms with Crippen LogP contribution in [0.15, 0.2) is 48.5 Å². The normalized spacial score (nSPS) is 15.2. The number of benzene rings is 2. The van der Waals surface area contributed by atoms with Crippen LogP contribution in [0.25, 0.3) is 0 Å². The van der Waals surface area contributed by atoms with Gasteiger partial charge in [0.15, 0.2) is 0 Å². The Morgan fingerprint density at radius 1 is 1.09 bits per heavy atom. The molecule has 32 heavy (non-hydrogen) atoms. The van der Waals surface area contributed by atoms with Crippen LogP contribution < -0.4 is 10.6 Å². The fraction of sp³-hybridized carbons (Fsp3) is 0.391. The highest BCUT2D eigenvalue weighted by atomic mass is 16.6. The van der Waals surface area contributed by atoms with Crippen molar-refractivity contribution in [2.45, 2.75) is 25.4 Å². The lowest BCUT2D eigenvalue weighted by Gasteiger charge is -2.36. The molecule has 0 saturated heterocycles. The molecule has 2 amide bonds. The average molecular weight is 440 g/mol. The molecule has 2 aromatic carbocycles. The summed E-state index contributed by atoms with van der Waals surface area (Å²) in [5.74, 6) is -0.334. The van der Waals surface area contributed by atoms with E-state index in [1.165, 1.54) is 6.07 Å². The third-order valence-electron chi connectivity index (χ3n) is 5.48. The number of nitro benzene ring substituents is 1. The highest BCUT2D eigenvalue weighted by molar-refractivity contribution is 5.88. The van der Waals surface area contributed by atoms with Gasteiger partial charge >= 0.3 is 0 Å². The van der Waals surface area contributed by atoms with E-state index >= 15 is 0 Å². The quantitative estimate of drug-likeness (QED) is 0.457. The number of hydrogen-bond donors (Lipinski definition) is 2. The van der Waals surface area contributed by atoms with E-state index in [1.54, 1.807) is 23.1 Å². The number of para-hydroxylation sites is 2. The van der Waals surface area contributed by atoms with Crippen LogP contribution in [0.3, 0.4) is 0 Å². The first-order valence-corrected chi connectivity index (χ1v) is 10.6. The van der Waals surface area contributed by atoms with E-state index in [1.807, 2.05) is 43.3 Å². The molecule has 1 aliphatic rings. The van der Waals surface area contributed by atoms with E-state index < -0.39 is 11.0 Å². The molecule has 170 valence electrons. The fourth-order valence-electron chi connectivity index (χ4n) is 3.77. The number of nitrogens with zero attached hydrogens (tertiary/aromatic N) is 3. The van der Waals surface area contributed by atoms with Crippen LogP contribution in [-0.2, 0) is 22.6 Å². The van der Waals surface area contributed by atoms with Crippen LogP contribution in [-0.4, -0.2) is 66.3 Å². The predicted molar refractivity (Wildman–Crippen MR) is 122 cm³/mol. The molecule has 9 nitrogen and oxygen atoms in total. The van der Waals surface area contributed by atoms with Gasteiger partial charge in [-0.3, -0.25) is 19.7 Å². The Labute approximate surface area is 187 Å². The maximum absolute atomic E-state index is 13.1. The van der Waals surface area contributed by atoms with Crippen molar-refractivity contribution in [1.29, 1.82) is 0 Å². The Bertz CT molecular complexity index is 978. The Morgan fingerprint density at radius 3 is 2.50 bits per heavy atom. The first-order chi connectivity index (χ1) is 15.4. The van der Waals surface area contributed by atoms with E-state index in [9.17, 15) is 19.7 Å². The lowest BCUT2D eigenvalue weighted by atomic mass is 9.93. The molecule has 3 rings (SSSR count). The predicted octanol–water partition coefficient (Wildman–Crippen LogP) is 2.03. The third-order valence-corrected chi connectivity index (χ3v) is 5.48. The van der Waals surface area contributed by atoms with Crippen molar-refractivity contribution in [2.24, 2.45) is 0 Å². The van der Waals surface area contributed by atoms with Crippen molar-refractivity contribution >= 4 is 23.2 Å². The summed E-state index contributed by atoms with van der Waals surface area (Å²) in [7, 11) is 3.87. The topological polar surface area (TPSA) is 108 Å². The second-order valence-corrected chi connectivity index (χ2v) is 8.06. The maximum Gasteiger partial charge on any atom is 0.292 e. The van der Waals surface area contributed by atoms with Gasteiger partial charge in [0, 0.05) is 45.1 Å². The first-order valence-electron chi connectivity index (χ1n) is 10.6. The second kappa shape index (κ2) is 10.7. The molecule has 0 aliphatic carbocycles. The number of fused-ring (bicyclic) bond motifs is 1. The molecule has 2 N–H and O–H groups in total. The summed E-state index contributed by atoms with van der Waals surface area (Å²) in [6, 6.07) is 13.6. The van der Waals surface area contributed by atoms with E-state index in [-0.39, 0.29) is 30.5 Å². The SMILES string of the molecule is CN(C)CCNC(=O)[C@@H]1Cc2ccccc2CN1C(=O)CCNc1ccccc1[N+](=O)[O-]. The molecule has 0 unspecified atom stereocenters. The Hall–Kier alpha value is -3.46. The molecule has 0 aromatic heterocycles. The van der Waals surface area contributed by atoms with Crippen LogP contribution in [0.1, 0.15) is 17.5 Å². The van der Waals surface area contributed by atoms with Crippen molar-refractivity contribution < 1.29 is 14.5 Å². The standard InChI is InChI=1S/C23H29N5O4/c1-26(2)14-13-25-23(30)21-15-17-7-3-4-8-18(17)16-27(21)22(29)11-12-24-19-9-5-6-10-20(19)28(31)32/h3-10,21,24H,11-16H2,1-2H3,(H,25,30)/t21-/m0/s1. The highest BCUT2D eigenvalue weighted by Crippen LogP contribution is 2.25. The lowest BCUT2D eigenvalue weighted by Crippen LogP contribution is -2.53. The molecule has 1 aliphatic heterocycles. The van der Waals surface area contributed by atoms with Gasteiger partial charge in [-0.15, -0.1) is 0 Å². The minimum Gasteiger partial charge on any atom is -0.379 e. The van der Waals surface area contributed by atoms with Gasteiger partial charge in [0.2, 0.25) is 11.8 Å². The van der Waals surface area contributed by atoms with E-state index in [2.05, 4.69) is 10.6 Å². The fourth-order valence-corrected chi connectivity index (χ4v) is 3.77. The molecular formula is C23H29N5O4. The Kier molecular flexibility index (Phi) is 7.77. The molecule has 0 radical (unpaired) electrons.